The molecular formula is C10H15NO3S. The summed E-state index contributed by atoms with van der Waals surface area (Å²) in [6.07, 6.45) is 0. The van der Waals surface area contributed by atoms with Crippen LogP contribution in [0.2, 0.25) is 0 Å². The van der Waals surface area contributed by atoms with Crippen molar-refractivity contribution in [3.05, 3.63) is 16.1 Å². The molecule has 0 radical (unpaired) electrons. The van der Waals surface area contributed by atoms with Gasteiger partial charge in [-0.1, -0.05) is 20.8 Å². The van der Waals surface area contributed by atoms with E-state index in [9.17, 15) is 4.79 Å². The molecule has 4 nitrogen and oxygen atoms in total. The van der Waals surface area contributed by atoms with E-state index in [1.165, 1.54) is 0 Å². The second-order valence-corrected chi connectivity index (χ2v) is 5.14. The summed E-state index contributed by atoms with van der Waals surface area (Å²) < 4.78 is 4.95. The summed E-state index contributed by atoms with van der Waals surface area (Å²) in [5.41, 5.74) is 0.835. The lowest BCUT2D eigenvalue weighted by Gasteiger charge is -2.13. The van der Waals surface area contributed by atoms with Crippen molar-refractivity contribution < 1.29 is 14.6 Å². The number of thiazole rings is 1. The van der Waals surface area contributed by atoms with E-state index in [1.54, 1.807) is 11.3 Å². The third-order valence-electron chi connectivity index (χ3n) is 1.67. The molecule has 0 unspecified atom stereocenters. The number of nitrogens with zero attached hydrogens (tertiary/aromatic N) is 1. The molecule has 0 fully saturated rings. The van der Waals surface area contributed by atoms with E-state index in [-0.39, 0.29) is 18.6 Å². The van der Waals surface area contributed by atoms with Gasteiger partial charge in [0.25, 0.3) is 0 Å². The van der Waals surface area contributed by atoms with Crippen molar-refractivity contribution in [2.45, 2.75) is 32.8 Å². The Morgan fingerprint density at radius 2 is 2.27 bits per heavy atom. The number of aromatic nitrogens is 1. The normalized spacial score (nSPS) is 11.7. The molecule has 1 rings (SSSR count). The second kappa shape index (κ2) is 4.72. The largest absolute Gasteiger partial charge is 0.480 e. The first-order valence-corrected chi connectivity index (χ1v) is 5.52. The fourth-order valence-corrected chi connectivity index (χ4v) is 1.85. The van der Waals surface area contributed by atoms with Gasteiger partial charge in [0, 0.05) is 10.8 Å². The molecule has 0 aliphatic carbocycles. The molecule has 1 aromatic heterocycles. The zero-order valence-electron chi connectivity index (χ0n) is 9.11. The van der Waals surface area contributed by atoms with Crippen LogP contribution in [0.25, 0.3) is 0 Å². The predicted octanol–water partition coefficient (Wildman–Crippen LogP) is 2.04. The highest BCUT2D eigenvalue weighted by atomic mass is 32.1. The van der Waals surface area contributed by atoms with Gasteiger partial charge < -0.3 is 9.84 Å². The van der Waals surface area contributed by atoms with E-state index in [2.05, 4.69) is 25.8 Å². The average molecular weight is 229 g/mol. The smallest absolute Gasteiger partial charge is 0.329 e. The fourth-order valence-electron chi connectivity index (χ4n) is 0.961. The summed E-state index contributed by atoms with van der Waals surface area (Å²) >= 11 is 1.58. The summed E-state index contributed by atoms with van der Waals surface area (Å²) in [5, 5.41) is 11.3. The molecule has 1 heterocycles. The third-order valence-corrected chi connectivity index (χ3v) is 2.99. The quantitative estimate of drug-likeness (QED) is 0.858. The topological polar surface area (TPSA) is 59.4 Å². The number of carboxylic acid groups (broad SMARTS) is 1. The molecule has 0 spiro atoms. The summed E-state index contributed by atoms with van der Waals surface area (Å²) in [5.74, 6) is -0.957. The molecule has 0 saturated heterocycles. The summed E-state index contributed by atoms with van der Waals surface area (Å²) in [4.78, 5) is 14.6. The van der Waals surface area contributed by atoms with Crippen molar-refractivity contribution in [3.63, 3.8) is 0 Å². The lowest BCUT2D eigenvalue weighted by molar-refractivity contribution is -0.142. The van der Waals surface area contributed by atoms with E-state index >= 15 is 0 Å². The molecular weight excluding hydrogens is 214 g/mol. The van der Waals surface area contributed by atoms with Crippen LogP contribution in [0.15, 0.2) is 5.38 Å². The van der Waals surface area contributed by atoms with Crippen LogP contribution in [0.5, 0.6) is 0 Å². The Morgan fingerprint density at radius 3 is 2.73 bits per heavy atom. The Labute approximate surface area is 92.9 Å². The minimum atomic E-state index is -0.957. The monoisotopic (exact) mass is 229 g/mol. The predicted molar refractivity (Wildman–Crippen MR) is 58.1 cm³/mol. The number of ether oxygens (including phenoxy) is 1. The van der Waals surface area contributed by atoms with Gasteiger partial charge in [-0.15, -0.1) is 11.3 Å². The highest BCUT2D eigenvalue weighted by Gasteiger charge is 2.17. The molecule has 0 atom stereocenters. The van der Waals surface area contributed by atoms with Gasteiger partial charge in [0.1, 0.15) is 6.61 Å². The van der Waals surface area contributed by atoms with E-state index in [1.807, 2.05) is 5.38 Å². The Hall–Kier alpha value is -0.940. The zero-order valence-corrected chi connectivity index (χ0v) is 9.93. The van der Waals surface area contributed by atoms with Crippen LogP contribution < -0.4 is 0 Å². The lowest BCUT2D eigenvalue weighted by Crippen LogP contribution is -2.11. The van der Waals surface area contributed by atoms with E-state index in [0.717, 1.165) is 10.7 Å². The first kappa shape index (κ1) is 12.1. The molecule has 0 saturated carbocycles. The van der Waals surface area contributed by atoms with Crippen molar-refractivity contribution >= 4 is 17.3 Å². The van der Waals surface area contributed by atoms with Crippen LogP contribution in [0, 0.1) is 0 Å². The minimum Gasteiger partial charge on any atom is -0.480 e. The highest BCUT2D eigenvalue weighted by Crippen LogP contribution is 2.25. The van der Waals surface area contributed by atoms with Gasteiger partial charge in [0.2, 0.25) is 0 Å². The molecule has 0 bridgehead atoms. The van der Waals surface area contributed by atoms with Gasteiger partial charge in [-0.05, 0) is 0 Å². The molecule has 15 heavy (non-hydrogen) atoms. The van der Waals surface area contributed by atoms with Crippen molar-refractivity contribution in [2.24, 2.45) is 0 Å². The summed E-state index contributed by atoms with van der Waals surface area (Å²) in [6.45, 7) is 6.26. The van der Waals surface area contributed by atoms with Gasteiger partial charge in [-0.3, -0.25) is 0 Å². The number of carbonyl (C=O) groups is 1. The number of aliphatic carboxylic acids is 1. The molecule has 0 aliphatic rings. The van der Waals surface area contributed by atoms with Gasteiger partial charge in [-0.25, -0.2) is 9.78 Å². The number of hydrogen-bond donors (Lipinski definition) is 1. The van der Waals surface area contributed by atoms with Gasteiger partial charge in [0.15, 0.2) is 0 Å². The first-order chi connectivity index (χ1) is 6.89. The molecule has 0 aromatic carbocycles. The van der Waals surface area contributed by atoms with E-state index in [4.69, 9.17) is 9.84 Å². The van der Waals surface area contributed by atoms with Crippen molar-refractivity contribution in [1.82, 2.24) is 4.98 Å². The molecule has 84 valence electrons. The Kier molecular flexibility index (Phi) is 3.82. The lowest BCUT2D eigenvalue weighted by atomic mass is 9.98. The first-order valence-electron chi connectivity index (χ1n) is 4.64. The van der Waals surface area contributed by atoms with Crippen LogP contribution in [0.4, 0.5) is 0 Å². The van der Waals surface area contributed by atoms with Gasteiger partial charge in [0.05, 0.1) is 17.3 Å². The number of carboxylic acids is 1. The Morgan fingerprint density at radius 1 is 1.60 bits per heavy atom. The number of rotatable bonds is 4. The highest BCUT2D eigenvalue weighted by molar-refractivity contribution is 7.09. The second-order valence-electron chi connectivity index (χ2n) is 4.28. The molecule has 0 aliphatic heterocycles. The molecule has 1 aromatic rings. The van der Waals surface area contributed by atoms with E-state index in [0.29, 0.717) is 0 Å². The van der Waals surface area contributed by atoms with Crippen molar-refractivity contribution in [3.8, 4) is 0 Å². The fraction of sp³-hybridized carbons (Fsp3) is 0.600. The maximum absolute atomic E-state index is 10.2. The van der Waals surface area contributed by atoms with Crippen LogP contribution in [-0.2, 0) is 21.6 Å². The molecule has 1 N–H and O–H groups in total. The summed E-state index contributed by atoms with van der Waals surface area (Å²) in [7, 11) is 0. The molecule has 5 heteroatoms. The Bertz CT molecular complexity index is 341. The number of hydrogen-bond acceptors (Lipinski definition) is 4. The standard InChI is InChI=1S/C10H15NO3S/c1-10(2,3)9-11-7(6-15-9)4-14-5-8(12)13/h6H,4-5H2,1-3H3,(H,12,13). The van der Waals surface area contributed by atoms with E-state index < -0.39 is 5.97 Å². The average Bonchev–Trinajstić information content (AvgIpc) is 2.51. The SMILES string of the molecule is CC(C)(C)c1nc(COCC(=O)O)cs1. The van der Waals surface area contributed by atoms with Crippen LogP contribution in [0.1, 0.15) is 31.5 Å². The van der Waals surface area contributed by atoms with Gasteiger partial charge >= 0.3 is 5.97 Å². The maximum atomic E-state index is 10.2. The zero-order chi connectivity index (χ0) is 11.5. The van der Waals surface area contributed by atoms with Crippen LogP contribution >= 0.6 is 11.3 Å². The van der Waals surface area contributed by atoms with Crippen LogP contribution in [-0.4, -0.2) is 22.7 Å². The third kappa shape index (κ3) is 3.97. The van der Waals surface area contributed by atoms with Gasteiger partial charge in [-0.2, -0.15) is 0 Å². The van der Waals surface area contributed by atoms with Crippen molar-refractivity contribution in [1.29, 1.82) is 0 Å². The Balaban J connectivity index is 2.50. The summed E-state index contributed by atoms with van der Waals surface area (Å²) in [6, 6.07) is 0. The molecule has 0 amide bonds. The maximum Gasteiger partial charge on any atom is 0.329 e. The minimum absolute atomic E-state index is 0.0374. The van der Waals surface area contributed by atoms with Crippen LogP contribution in [0.3, 0.4) is 0 Å². The van der Waals surface area contributed by atoms with Crippen molar-refractivity contribution in [2.75, 3.05) is 6.61 Å².